The van der Waals surface area contributed by atoms with Gasteiger partial charge in [-0.1, -0.05) is 29.8 Å². The first-order chi connectivity index (χ1) is 11.9. The minimum absolute atomic E-state index is 0.143. The third kappa shape index (κ3) is 4.73. The largest absolute Gasteiger partial charge is 0.495 e. The zero-order valence-corrected chi connectivity index (χ0v) is 15.3. The highest BCUT2D eigenvalue weighted by molar-refractivity contribution is 6.31. The van der Waals surface area contributed by atoms with Crippen molar-refractivity contribution >= 4 is 34.8 Å². The second-order valence-corrected chi connectivity index (χ2v) is 5.96. The number of methoxy groups -OCH3 is 1. The van der Waals surface area contributed by atoms with E-state index in [1.807, 2.05) is 25.1 Å². The van der Waals surface area contributed by atoms with Crippen LogP contribution in [0.15, 0.2) is 42.5 Å². The number of para-hydroxylation sites is 2. The molecule has 2 amide bonds. The summed E-state index contributed by atoms with van der Waals surface area (Å²) in [5.74, 6) is 0.246. The van der Waals surface area contributed by atoms with Crippen molar-refractivity contribution in [2.45, 2.75) is 20.3 Å². The van der Waals surface area contributed by atoms with Crippen LogP contribution in [0.1, 0.15) is 18.9 Å². The Kier molecular flexibility index (Phi) is 6.42. The second-order valence-electron chi connectivity index (χ2n) is 5.55. The van der Waals surface area contributed by atoms with E-state index in [1.165, 1.54) is 6.92 Å². The topological polar surface area (TPSA) is 58.6 Å². The van der Waals surface area contributed by atoms with Crippen LogP contribution in [-0.2, 0) is 9.59 Å². The van der Waals surface area contributed by atoms with Crippen molar-refractivity contribution in [3.05, 3.63) is 53.1 Å². The molecule has 0 saturated heterocycles. The molecule has 0 bridgehead atoms. The maximum Gasteiger partial charge on any atom is 0.226 e. The van der Waals surface area contributed by atoms with Crippen molar-refractivity contribution in [1.29, 1.82) is 0 Å². The van der Waals surface area contributed by atoms with Crippen LogP contribution in [0.5, 0.6) is 5.75 Å². The normalized spacial score (nSPS) is 10.2. The molecule has 0 spiro atoms. The van der Waals surface area contributed by atoms with Gasteiger partial charge in [-0.15, -0.1) is 0 Å². The number of anilines is 2. The number of carbonyl (C=O) groups is 2. The predicted octanol–water partition coefficient (Wildman–Crippen LogP) is 4.04. The molecule has 0 fully saturated rings. The maximum absolute atomic E-state index is 12.3. The maximum atomic E-state index is 12.3. The Balaban J connectivity index is 2.07. The number of amides is 2. The van der Waals surface area contributed by atoms with E-state index in [9.17, 15) is 9.59 Å². The minimum Gasteiger partial charge on any atom is -0.495 e. The first-order valence-electron chi connectivity index (χ1n) is 7.90. The SMILES string of the molecule is COc1ccccc1NC(=O)CCN(C(C)=O)c1cccc(Cl)c1C. The molecule has 2 aromatic carbocycles. The monoisotopic (exact) mass is 360 g/mol. The Morgan fingerprint density at radius 2 is 1.88 bits per heavy atom. The lowest BCUT2D eigenvalue weighted by Gasteiger charge is -2.23. The van der Waals surface area contributed by atoms with Gasteiger partial charge in [-0.2, -0.15) is 0 Å². The number of nitrogens with one attached hydrogen (secondary N) is 1. The summed E-state index contributed by atoms with van der Waals surface area (Å²) in [7, 11) is 1.55. The number of halogens is 1. The summed E-state index contributed by atoms with van der Waals surface area (Å²) >= 11 is 6.13. The summed E-state index contributed by atoms with van der Waals surface area (Å²) < 4.78 is 5.21. The Labute approximate surface area is 152 Å². The Morgan fingerprint density at radius 1 is 1.16 bits per heavy atom. The van der Waals surface area contributed by atoms with Gasteiger partial charge in [0, 0.05) is 30.6 Å². The summed E-state index contributed by atoms with van der Waals surface area (Å²) in [5.41, 5.74) is 2.12. The van der Waals surface area contributed by atoms with Gasteiger partial charge in [0.1, 0.15) is 5.75 Å². The minimum atomic E-state index is -0.199. The van der Waals surface area contributed by atoms with Crippen LogP contribution < -0.4 is 15.0 Å². The van der Waals surface area contributed by atoms with Crippen LogP contribution in [0.25, 0.3) is 0 Å². The lowest BCUT2D eigenvalue weighted by Crippen LogP contribution is -2.32. The van der Waals surface area contributed by atoms with Gasteiger partial charge in [-0.05, 0) is 36.8 Å². The summed E-state index contributed by atoms with van der Waals surface area (Å²) in [5, 5.41) is 3.39. The van der Waals surface area contributed by atoms with Gasteiger partial charge < -0.3 is 15.0 Å². The summed E-state index contributed by atoms with van der Waals surface area (Å²) in [6.07, 6.45) is 0.156. The smallest absolute Gasteiger partial charge is 0.226 e. The predicted molar refractivity (Wildman–Crippen MR) is 100 cm³/mol. The van der Waals surface area contributed by atoms with Crippen LogP contribution in [0, 0.1) is 6.92 Å². The van der Waals surface area contributed by atoms with Crippen molar-refractivity contribution in [2.75, 3.05) is 23.9 Å². The molecular weight excluding hydrogens is 340 g/mol. The summed E-state index contributed by atoms with van der Waals surface area (Å²) in [6, 6.07) is 12.6. The number of carbonyl (C=O) groups excluding carboxylic acids is 2. The van der Waals surface area contributed by atoms with Crippen LogP contribution in [0.3, 0.4) is 0 Å². The lowest BCUT2D eigenvalue weighted by atomic mass is 10.1. The van der Waals surface area contributed by atoms with Gasteiger partial charge >= 0.3 is 0 Å². The molecule has 0 unspecified atom stereocenters. The van der Waals surface area contributed by atoms with E-state index in [1.54, 1.807) is 36.3 Å². The fourth-order valence-electron chi connectivity index (χ4n) is 2.51. The Hall–Kier alpha value is -2.53. The molecule has 5 nitrogen and oxygen atoms in total. The van der Waals surface area contributed by atoms with E-state index in [-0.39, 0.29) is 24.8 Å². The standard InChI is InChI=1S/C19H21ClN2O3/c1-13-15(20)7-6-9-17(13)22(14(2)23)12-11-19(24)21-16-8-4-5-10-18(16)25-3/h4-10H,11-12H2,1-3H3,(H,21,24). The number of nitrogens with zero attached hydrogens (tertiary/aromatic N) is 1. The van der Waals surface area contributed by atoms with E-state index in [2.05, 4.69) is 5.32 Å². The third-order valence-electron chi connectivity index (χ3n) is 3.85. The van der Waals surface area contributed by atoms with E-state index < -0.39 is 0 Å². The van der Waals surface area contributed by atoms with E-state index in [0.29, 0.717) is 22.1 Å². The first-order valence-corrected chi connectivity index (χ1v) is 8.28. The molecule has 6 heteroatoms. The van der Waals surface area contributed by atoms with Gasteiger partial charge in [-0.3, -0.25) is 9.59 Å². The molecule has 2 aromatic rings. The Bertz CT molecular complexity index is 777. The molecule has 0 aliphatic heterocycles. The highest BCUT2D eigenvalue weighted by Gasteiger charge is 2.17. The average molecular weight is 361 g/mol. The molecule has 0 aliphatic carbocycles. The van der Waals surface area contributed by atoms with E-state index in [4.69, 9.17) is 16.3 Å². The van der Waals surface area contributed by atoms with Gasteiger partial charge in [0.2, 0.25) is 11.8 Å². The molecule has 0 aromatic heterocycles. The average Bonchev–Trinajstić information content (AvgIpc) is 2.59. The molecule has 0 saturated carbocycles. The fourth-order valence-corrected chi connectivity index (χ4v) is 2.68. The molecule has 2 rings (SSSR count). The van der Waals surface area contributed by atoms with Crippen molar-refractivity contribution in [3.63, 3.8) is 0 Å². The van der Waals surface area contributed by atoms with Crippen LogP contribution in [0.4, 0.5) is 11.4 Å². The van der Waals surface area contributed by atoms with Gasteiger partial charge in [0.05, 0.1) is 12.8 Å². The number of hydrogen-bond acceptors (Lipinski definition) is 3. The van der Waals surface area contributed by atoms with E-state index in [0.717, 1.165) is 5.56 Å². The van der Waals surface area contributed by atoms with Gasteiger partial charge in [0.25, 0.3) is 0 Å². The van der Waals surface area contributed by atoms with Gasteiger partial charge in [0.15, 0.2) is 0 Å². The van der Waals surface area contributed by atoms with Crippen LogP contribution >= 0.6 is 11.6 Å². The number of rotatable bonds is 6. The highest BCUT2D eigenvalue weighted by atomic mass is 35.5. The molecule has 132 valence electrons. The molecule has 0 heterocycles. The second kappa shape index (κ2) is 8.53. The quantitative estimate of drug-likeness (QED) is 0.845. The summed E-state index contributed by atoms with van der Waals surface area (Å²) in [6.45, 7) is 3.58. The van der Waals surface area contributed by atoms with Crippen molar-refractivity contribution in [2.24, 2.45) is 0 Å². The van der Waals surface area contributed by atoms with E-state index >= 15 is 0 Å². The fraction of sp³-hybridized carbons (Fsp3) is 0.263. The molecule has 0 atom stereocenters. The lowest BCUT2D eigenvalue weighted by molar-refractivity contribution is -0.117. The highest BCUT2D eigenvalue weighted by Crippen LogP contribution is 2.27. The van der Waals surface area contributed by atoms with Crippen molar-refractivity contribution in [3.8, 4) is 5.75 Å². The van der Waals surface area contributed by atoms with Crippen molar-refractivity contribution in [1.82, 2.24) is 0 Å². The molecular formula is C19H21ClN2O3. The number of benzene rings is 2. The number of ether oxygens (including phenoxy) is 1. The molecule has 1 N–H and O–H groups in total. The summed E-state index contributed by atoms with van der Waals surface area (Å²) in [4.78, 5) is 25.8. The molecule has 25 heavy (non-hydrogen) atoms. The zero-order chi connectivity index (χ0) is 18.4. The number of hydrogen-bond donors (Lipinski definition) is 1. The molecule has 0 aliphatic rings. The van der Waals surface area contributed by atoms with Crippen LogP contribution in [0.2, 0.25) is 5.02 Å². The van der Waals surface area contributed by atoms with Gasteiger partial charge in [-0.25, -0.2) is 0 Å². The zero-order valence-electron chi connectivity index (χ0n) is 14.5. The Morgan fingerprint density at radius 3 is 2.56 bits per heavy atom. The first kappa shape index (κ1) is 18.8. The molecule has 0 radical (unpaired) electrons. The van der Waals surface area contributed by atoms with Crippen LogP contribution in [-0.4, -0.2) is 25.5 Å². The third-order valence-corrected chi connectivity index (χ3v) is 4.26. The van der Waals surface area contributed by atoms with Crippen molar-refractivity contribution < 1.29 is 14.3 Å².